The third-order valence-electron chi connectivity index (χ3n) is 8.31. The molecular formula is C22H26Cl2O4. The lowest BCUT2D eigenvalue weighted by atomic mass is 9.48. The standard InChI is InChI=1S/C22H26Cl2O4/c1-12-8-16-15-5-4-13-9-14(26)6-7-19(13,2)21(15,24)17(23)10-20(16,3)22(12,28)18(27)11-25/h4-7,9,12,15-17,25,28H,8,10-11H2,1-3H3/t12-,15+,16+,17+,19+,20+,21+,22+/m1/s1. The number of fused-ring (bicyclic) bond motifs is 5. The molecular weight excluding hydrogens is 399 g/mol. The van der Waals surface area contributed by atoms with E-state index in [1.807, 2.05) is 39.0 Å². The van der Waals surface area contributed by atoms with Crippen LogP contribution in [0.5, 0.6) is 0 Å². The smallest absolute Gasteiger partial charge is 0.190 e. The van der Waals surface area contributed by atoms with Crippen molar-refractivity contribution >= 4 is 34.8 Å². The first-order chi connectivity index (χ1) is 13.0. The highest BCUT2D eigenvalue weighted by atomic mass is 35.5. The highest BCUT2D eigenvalue weighted by molar-refractivity contribution is 6.34. The average molecular weight is 425 g/mol. The van der Waals surface area contributed by atoms with Crippen LogP contribution in [0, 0.1) is 28.6 Å². The maximum absolute atomic E-state index is 12.6. The molecule has 0 aromatic carbocycles. The number of aliphatic hydroxyl groups is 2. The van der Waals surface area contributed by atoms with Gasteiger partial charge in [0.25, 0.3) is 0 Å². The molecule has 2 N–H and O–H groups in total. The van der Waals surface area contributed by atoms with Crippen LogP contribution in [0.3, 0.4) is 0 Å². The van der Waals surface area contributed by atoms with Gasteiger partial charge in [0.05, 0.1) is 10.3 Å². The van der Waals surface area contributed by atoms with Gasteiger partial charge in [-0.15, -0.1) is 23.2 Å². The van der Waals surface area contributed by atoms with Crippen LogP contribution in [0.25, 0.3) is 0 Å². The van der Waals surface area contributed by atoms with Gasteiger partial charge in [-0.3, -0.25) is 9.59 Å². The number of alkyl halides is 2. The second kappa shape index (κ2) is 6.04. The predicted octanol–water partition coefficient (Wildman–Crippen LogP) is 3.19. The molecule has 4 aliphatic rings. The van der Waals surface area contributed by atoms with Crippen LogP contribution < -0.4 is 0 Å². The monoisotopic (exact) mass is 424 g/mol. The molecule has 0 unspecified atom stereocenters. The molecule has 0 heterocycles. The van der Waals surface area contributed by atoms with Crippen LogP contribution >= 0.6 is 23.2 Å². The van der Waals surface area contributed by atoms with Gasteiger partial charge >= 0.3 is 0 Å². The summed E-state index contributed by atoms with van der Waals surface area (Å²) in [6, 6.07) is 0. The summed E-state index contributed by atoms with van der Waals surface area (Å²) in [6.45, 7) is 5.07. The van der Waals surface area contributed by atoms with Gasteiger partial charge in [0, 0.05) is 16.7 Å². The number of aliphatic hydroxyl groups excluding tert-OH is 1. The Hall–Kier alpha value is -0.940. The highest BCUT2D eigenvalue weighted by Crippen LogP contribution is 2.71. The fourth-order valence-corrected chi connectivity index (χ4v) is 7.83. The molecule has 0 aromatic rings. The Bertz CT molecular complexity index is 847. The Morgan fingerprint density at radius 2 is 2.00 bits per heavy atom. The zero-order chi connectivity index (χ0) is 20.7. The number of rotatable bonds is 2. The second-order valence-electron chi connectivity index (χ2n) is 9.37. The zero-order valence-electron chi connectivity index (χ0n) is 16.3. The molecule has 2 saturated carbocycles. The molecule has 4 aliphatic carbocycles. The fourth-order valence-electron chi connectivity index (χ4n) is 6.66. The van der Waals surface area contributed by atoms with Crippen molar-refractivity contribution < 1.29 is 19.8 Å². The lowest BCUT2D eigenvalue weighted by Gasteiger charge is -2.62. The van der Waals surface area contributed by atoms with Crippen molar-refractivity contribution in [3.05, 3.63) is 36.0 Å². The lowest BCUT2D eigenvalue weighted by Crippen LogP contribution is -2.67. The van der Waals surface area contributed by atoms with E-state index in [0.717, 1.165) is 5.57 Å². The maximum Gasteiger partial charge on any atom is 0.190 e. The van der Waals surface area contributed by atoms with E-state index in [-0.39, 0.29) is 23.5 Å². The quantitative estimate of drug-likeness (QED) is 0.667. The van der Waals surface area contributed by atoms with Gasteiger partial charge in [-0.05, 0) is 42.4 Å². The molecule has 4 rings (SSSR count). The average Bonchev–Trinajstić information content (AvgIpc) is 2.84. The van der Waals surface area contributed by atoms with Crippen LogP contribution in [0.15, 0.2) is 36.0 Å². The van der Waals surface area contributed by atoms with Crippen LogP contribution in [0.1, 0.15) is 33.6 Å². The Morgan fingerprint density at radius 1 is 1.32 bits per heavy atom. The summed E-state index contributed by atoms with van der Waals surface area (Å²) in [6.07, 6.45) is 9.93. The zero-order valence-corrected chi connectivity index (χ0v) is 17.8. The minimum atomic E-state index is -1.64. The first kappa shape index (κ1) is 20.3. The summed E-state index contributed by atoms with van der Waals surface area (Å²) >= 11 is 14.3. The lowest BCUT2D eigenvalue weighted by molar-refractivity contribution is -0.165. The van der Waals surface area contributed by atoms with Gasteiger partial charge in [-0.25, -0.2) is 0 Å². The SMILES string of the molecule is C[C@@H]1C[C@H]2[C@@H]3C=CC4=CC(=O)C=C[C@]4(C)[C@@]3(Cl)[C@@H](Cl)C[C@]2(C)[C@@]1(O)C(=O)CO. The normalized spacial score (nSPS) is 52.0. The van der Waals surface area contributed by atoms with Crippen LogP contribution in [0.4, 0.5) is 0 Å². The second-order valence-corrected chi connectivity index (χ2v) is 10.5. The molecule has 0 aliphatic heterocycles. The van der Waals surface area contributed by atoms with Gasteiger partial charge in [0.15, 0.2) is 11.6 Å². The molecule has 28 heavy (non-hydrogen) atoms. The summed E-state index contributed by atoms with van der Waals surface area (Å²) in [5.74, 6) is -1.19. The third-order valence-corrected chi connectivity index (χ3v) is 9.83. The minimum absolute atomic E-state index is 0.0694. The van der Waals surface area contributed by atoms with Crippen molar-refractivity contribution in [1.29, 1.82) is 0 Å². The number of ketones is 2. The molecule has 0 radical (unpaired) electrons. The van der Waals surface area contributed by atoms with Crippen molar-refractivity contribution in [3.8, 4) is 0 Å². The maximum atomic E-state index is 12.6. The van der Waals surface area contributed by atoms with Crippen molar-refractivity contribution in [2.24, 2.45) is 28.6 Å². The van der Waals surface area contributed by atoms with Crippen LogP contribution in [-0.2, 0) is 9.59 Å². The molecule has 6 heteroatoms. The van der Waals surface area contributed by atoms with E-state index in [1.54, 1.807) is 12.2 Å². The van der Waals surface area contributed by atoms with Crippen LogP contribution in [-0.4, -0.2) is 44.2 Å². The van der Waals surface area contributed by atoms with Crippen molar-refractivity contribution in [2.45, 2.75) is 49.5 Å². The molecule has 0 spiro atoms. The molecule has 8 atom stereocenters. The number of carbonyl (C=O) groups excluding carboxylic acids is 2. The largest absolute Gasteiger partial charge is 0.388 e. The Balaban J connectivity index is 1.88. The molecule has 0 saturated heterocycles. The summed E-state index contributed by atoms with van der Waals surface area (Å²) < 4.78 is 0. The first-order valence-corrected chi connectivity index (χ1v) is 10.6. The van der Waals surface area contributed by atoms with E-state index < -0.39 is 39.1 Å². The summed E-state index contributed by atoms with van der Waals surface area (Å²) in [5.41, 5.74) is -2.22. The first-order valence-electron chi connectivity index (χ1n) is 9.80. The van der Waals surface area contributed by atoms with Crippen molar-refractivity contribution in [1.82, 2.24) is 0 Å². The van der Waals surface area contributed by atoms with Gasteiger partial charge in [-0.1, -0.05) is 39.0 Å². The van der Waals surface area contributed by atoms with Crippen molar-refractivity contribution in [3.63, 3.8) is 0 Å². The topological polar surface area (TPSA) is 74.6 Å². The summed E-state index contributed by atoms with van der Waals surface area (Å²) in [5, 5.41) is 20.5. The van der Waals surface area contributed by atoms with E-state index in [4.69, 9.17) is 23.2 Å². The number of hydrogen-bond acceptors (Lipinski definition) is 4. The van der Waals surface area contributed by atoms with Crippen molar-refractivity contribution in [2.75, 3.05) is 6.61 Å². The number of Topliss-reactive ketones (excluding diaryl/α,β-unsaturated/α-hetero) is 1. The third kappa shape index (κ3) is 2.10. The van der Waals surface area contributed by atoms with E-state index >= 15 is 0 Å². The molecule has 4 nitrogen and oxygen atoms in total. The Morgan fingerprint density at radius 3 is 2.64 bits per heavy atom. The summed E-state index contributed by atoms with van der Waals surface area (Å²) in [7, 11) is 0. The minimum Gasteiger partial charge on any atom is -0.388 e. The number of carbonyl (C=O) groups is 2. The summed E-state index contributed by atoms with van der Waals surface area (Å²) in [4.78, 5) is 23.7. The van der Waals surface area contributed by atoms with Gasteiger partial charge in [0.2, 0.25) is 0 Å². The van der Waals surface area contributed by atoms with Crippen LogP contribution in [0.2, 0.25) is 0 Å². The van der Waals surface area contributed by atoms with Gasteiger partial charge in [-0.2, -0.15) is 0 Å². The molecule has 152 valence electrons. The van der Waals surface area contributed by atoms with E-state index in [1.165, 1.54) is 0 Å². The predicted molar refractivity (Wildman–Crippen MR) is 108 cm³/mol. The Kier molecular flexibility index (Phi) is 4.39. The number of halogens is 2. The van der Waals surface area contributed by atoms with E-state index in [2.05, 4.69) is 0 Å². The van der Waals surface area contributed by atoms with E-state index in [9.17, 15) is 19.8 Å². The number of hydrogen-bond donors (Lipinski definition) is 2. The van der Waals surface area contributed by atoms with Gasteiger partial charge in [0.1, 0.15) is 12.2 Å². The van der Waals surface area contributed by atoms with E-state index in [0.29, 0.717) is 12.8 Å². The molecule has 2 fully saturated rings. The molecule has 0 amide bonds. The van der Waals surface area contributed by atoms with Gasteiger partial charge < -0.3 is 10.2 Å². The molecule has 0 aromatic heterocycles. The molecule has 0 bridgehead atoms. The highest BCUT2D eigenvalue weighted by Gasteiger charge is 2.73. The number of allylic oxidation sites excluding steroid dienone is 6. The Labute approximate surface area is 175 Å². The fraction of sp³-hybridized carbons (Fsp3) is 0.636.